The SMILES string of the molecule is CNCC[NH2+]C. The minimum atomic E-state index is 1.11. The first-order valence-electron chi connectivity index (χ1n) is 2.34. The molecule has 3 N–H and O–H groups in total. The van der Waals surface area contributed by atoms with Gasteiger partial charge in [0.15, 0.2) is 0 Å². The summed E-state index contributed by atoms with van der Waals surface area (Å²) in [5.74, 6) is 0. The van der Waals surface area contributed by atoms with E-state index in [-0.39, 0.29) is 0 Å². The molecule has 0 aromatic heterocycles. The van der Waals surface area contributed by atoms with Gasteiger partial charge in [0.05, 0.1) is 13.6 Å². The molecule has 0 atom stereocenters. The molecule has 0 heterocycles. The molecular formula is C4H13N2+. The van der Waals surface area contributed by atoms with Gasteiger partial charge in [0.2, 0.25) is 0 Å². The number of quaternary nitrogens is 1. The molecule has 0 rings (SSSR count). The van der Waals surface area contributed by atoms with Crippen LogP contribution in [0.1, 0.15) is 0 Å². The van der Waals surface area contributed by atoms with Gasteiger partial charge >= 0.3 is 0 Å². The standard InChI is InChI=1S/C4H12N2/c1-5-3-4-6-2/h5-6H,3-4H2,1-2H3/p+1. The second-order valence-corrected chi connectivity index (χ2v) is 1.30. The lowest BCUT2D eigenvalue weighted by atomic mass is 10.6. The molecule has 38 valence electrons. The van der Waals surface area contributed by atoms with Crippen molar-refractivity contribution in [2.45, 2.75) is 0 Å². The molecule has 0 aliphatic carbocycles. The van der Waals surface area contributed by atoms with Crippen LogP contribution in [0.3, 0.4) is 0 Å². The van der Waals surface area contributed by atoms with Gasteiger partial charge in [-0.25, -0.2) is 0 Å². The highest BCUT2D eigenvalue weighted by atomic mass is 14.9. The molecule has 0 bridgehead atoms. The van der Waals surface area contributed by atoms with Gasteiger partial charge < -0.3 is 10.6 Å². The van der Waals surface area contributed by atoms with E-state index in [1.807, 2.05) is 7.05 Å². The lowest BCUT2D eigenvalue weighted by Gasteiger charge is -1.89. The maximum absolute atomic E-state index is 3.04. The highest BCUT2D eigenvalue weighted by Gasteiger charge is 1.74. The molecule has 2 heteroatoms. The largest absolute Gasteiger partial charge is 0.348 e. The van der Waals surface area contributed by atoms with E-state index in [9.17, 15) is 0 Å². The van der Waals surface area contributed by atoms with Crippen LogP contribution in [-0.2, 0) is 0 Å². The van der Waals surface area contributed by atoms with Crippen LogP contribution in [0.4, 0.5) is 0 Å². The lowest BCUT2D eigenvalue weighted by molar-refractivity contribution is -0.625. The summed E-state index contributed by atoms with van der Waals surface area (Å²) in [6.07, 6.45) is 0. The fourth-order valence-corrected chi connectivity index (χ4v) is 0.289. The Labute approximate surface area is 38.9 Å². The van der Waals surface area contributed by atoms with Crippen molar-refractivity contribution in [2.24, 2.45) is 0 Å². The van der Waals surface area contributed by atoms with Crippen molar-refractivity contribution in [2.75, 3.05) is 27.2 Å². The van der Waals surface area contributed by atoms with Crippen molar-refractivity contribution in [1.29, 1.82) is 0 Å². The van der Waals surface area contributed by atoms with Crippen LogP contribution in [0.25, 0.3) is 0 Å². The maximum Gasteiger partial charge on any atom is 0.0880 e. The molecule has 2 nitrogen and oxygen atoms in total. The summed E-state index contributed by atoms with van der Waals surface area (Å²) in [5.41, 5.74) is 0. The first kappa shape index (κ1) is 5.92. The third-order valence-electron chi connectivity index (χ3n) is 0.683. The molecule has 0 radical (unpaired) electrons. The fourth-order valence-electron chi connectivity index (χ4n) is 0.289. The first-order chi connectivity index (χ1) is 2.91. The van der Waals surface area contributed by atoms with Gasteiger partial charge in [-0.3, -0.25) is 0 Å². The minimum Gasteiger partial charge on any atom is -0.348 e. The predicted octanol–water partition coefficient (Wildman–Crippen LogP) is -1.60. The molecule has 0 unspecified atom stereocenters. The van der Waals surface area contributed by atoms with Crippen LogP contribution in [0, 0.1) is 0 Å². The maximum atomic E-state index is 3.04. The second kappa shape index (κ2) is 4.92. The van der Waals surface area contributed by atoms with Crippen LogP contribution < -0.4 is 10.6 Å². The zero-order valence-electron chi connectivity index (χ0n) is 4.49. The van der Waals surface area contributed by atoms with E-state index >= 15 is 0 Å². The van der Waals surface area contributed by atoms with Crippen molar-refractivity contribution < 1.29 is 5.32 Å². The number of rotatable bonds is 3. The van der Waals surface area contributed by atoms with Crippen LogP contribution >= 0.6 is 0 Å². The van der Waals surface area contributed by atoms with Crippen LogP contribution in [0.2, 0.25) is 0 Å². The topological polar surface area (TPSA) is 28.6 Å². The van der Waals surface area contributed by atoms with Gasteiger partial charge in [-0.15, -0.1) is 0 Å². The number of hydrogen-bond donors (Lipinski definition) is 2. The van der Waals surface area contributed by atoms with Gasteiger partial charge in [-0.2, -0.15) is 0 Å². The highest BCUT2D eigenvalue weighted by molar-refractivity contribution is 4.27. The molecule has 0 aliphatic rings. The third kappa shape index (κ3) is 3.92. The Kier molecular flexibility index (Phi) is 4.85. The quantitative estimate of drug-likeness (QED) is 0.400. The molecule has 0 spiro atoms. The Morgan fingerprint density at radius 2 is 2.33 bits per heavy atom. The van der Waals surface area contributed by atoms with Crippen molar-refractivity contribution in [1.82, 2.24) is 5.32 Å². The summed E-state index contributed by atoms with van der Waals surface area (Å²) in [7, 11) is 4.03. The molecule has 0 saturated heterocycles. The Balaban J connectivity index is 2.34. The number of likely N-dealkylation sites (N-methyl/N-ethyl adjacent to an activating group) is 2. The Hall–Kier alpha value is -0.0800. The molecule has 6 heavy (non-hydrogen) atoms. The molecule has 0 aromatic carbocycles. The predicted molar refractivity (Wildman–Crippen MR) is 26.6 cm³/mol. The minimum absolute atomic E-state index is 1.11. The van der Waals surface area contributed by atoms with Crippen LogP contribution in [-0.4, -0.2) is 27.2 Å². The molecule has 0 aliphatic heterocycles. The number of nitrogens with two attached hydrogens (primary N) is 1. The fraction of sp³-hybridized carbons (Fsp3) is 1.00. The van der Waals surface area contributed by atoms with Gasteiger partial charge in [0.25, 0.3) is 0 Å². The summed E-state index contributed by atoms with van der Waals surface area (Å²) in [6, 6.07) is 0. The van der Waals surface area contributed by atoms with Crippen molar-refractivity contribution in [3.63, 3.8) is 0 Å². The Morgan fingerprint density at radius 1 is 1.67 bits per heavy atom. The van der Waals surface area contributed by atoms with Crippen molar-refractivity contribution in [3.8, 4) is 0 Å². The van der Waals surface area contributed by atoms with E-state index in [1.165, 1.54) is 6.54 Å². The van der Waals surface area contributed by atoms with Gasteiger partial charge in [-0.1, -0.05) is 0 Å². The molecule has 0 amide bonds. The van der Waals surface area contributed by atoms with E-state index in [1.54, 1.807) is 0 Å². The van der Waals surface area contributed by atoms with E-state index in [0.717, 1.165) is 6.54 Å². The second-order valence-electron chi connectivity index (χ2n) is 1.30. The zero-order valence-corrected chi connectivity index (χ0v) is 4.49. The van der Waals surface area contributed by atoms with Gasteiger partial charge in [0.1, 0.15) is 0 Å². The van der Waals surface area contributed by atoms with Gasteiger partial charge in [0, 0.05) is 6.54 Å². The summed E-state index contributed by atoms with van der Waals surface area (Å²) in [6.45, 7) is 2.28. The third-order valence-corrected chi connectivity index (χ3v) is 0.683. The Morgan fingerprint density at radius 3 is 2.50 bits per heavy atom. The van der Waals surface area contributed by atoms with Crippen LogP contribution in [0.5, 0.6) is 0 Å². The van der Waals surface area contributed by atoms with Crippen LogP contribution in [0.15, 0.2) is 0 Å². The summed E-state index contributed by atoms with van der Waals surface area (Å²) < 4.78 is 0. The summed E-state index contributed by atoms with van der Waals surface area (Å²) in [5, 5.41) is 5.19. The van der Waals surface area contributed by atoms with Crippen molar-refractivity contribution >= 4 is 0 Å². The smallest absolute Gasteiger partial charge is 0.0880 e. The van der Waals surface area contributed by atoms with E-state index in [4.69, 9.17) is 0 Å². The first-order valence-corrected chi connectivity index (χ1v) is 2.34. The van der Waals surface area contributed by atoms with E-state index < -0.39 is 0 Å². The average Bonchev–Trinajstić information content (AvgIpc) is 1.61. The normalized spacial score (nSPS) is 9.00. The zero-order chi connectivity index (χ0) is 4.83. The van der Waals surface area contributed by atoms with Gasteiger partial charge in [-0.05, 0) is 7.05 Å². The van der Waals surface area contributed by atoms with E-state index in [0.29, 0.717) is 0 Å². The number of hydrogen-bond acceptors (Lipinski definition) is 1. The molecule has 0 saturated carbocycles. The Bertz CT molecular complexity index is 17.5. The monoisotopic (exact) mass is 89.1 g/mol. The average molecular weight is 89.2 g/mol. The molecule has 0 fully saturated rings. The van der Waals surface area contributed by atoms with Crippen molar-refractivity contribution in [3.05, 3.63) is 0 Å². The summed E-state index contributed by atoms with van der Waals surface area (Å²) >= 11 is 0. The molecular weight excluding hydrogens is 76.1 g/mol. The van der Waals surface area contributed by atoms with E-state index in [2.05, 4.69) is 17.7 Å². The number of nitrogens with one attached hydrogen (secondary N) is 1. The lowest BCUT2D eigenvalue weighted by Crippen LogP contribution is -2.81. The summed E-state index contributed by atoms with van der Waals surface area (Å²) in [4.78, 5) is 0. The highest BCUT2D eigenvalue weighted by Crippen LogP contribution is 1.35. The molecule has 0 aromatic rings.